The molecule has 0 bridgehead atoms. The quantitative estimate of drug-likeness (QED) is 0.642. The van der Waals surface area contributed by atoms with Crippen LogP contribution in [0.2, 0.25) is 0 Å². The average molecular weight is 334 g/mol. The van der Waals surface area contributed by atoms with Gasteiger partial charge in [-0.05, 0) is 41.1 Å². The number of halogens is 1. The molecule has 0 aliphatic carbocycles. The lowest BCUT2D eigenvalue weighted by molar-refractivity contribution is -0.117. The molecular weight excluding hydrogens is 319 g/mol. The van der Waals surface area contributed by atoms with Crippen molar-refractivity contribution in [1.82, 2.24) is 4.98 Å². The molecule has 5 heteroatoms. The fourth-order valence-corrected chi connectivity index (χ4v) is 1.39. The van der Waals surface area contributed by atoms with Crippen molar-refractivity contribution in [2.24, 2.45) is 0 Å². The van der Waals surface area contributed by atoms with E-state index in [-0.39, 0.29) is 5.91 Å². The van der Waals surface area contributed by atoms with Crippen LogP contribution in [-0.4, -0.2) is 24.1 Å². The van der Waals surface area contributed by atoms with Crippen LogP contribution in [0, 0.1) is 3.57 Å². The van der Waals surface area contributed by atoms with Gasteiger partial charge in [-0.15, -0.1) is 0 Å². The van der Waals surface area contributed by atoms with Gasteiger partial charge < -0.3 is 10.1 Å². The van der Waals surface area contributed by atoms with Crippen molar-refractivity contribution in [3.8, 4) is 0 Å². The molecule has 1 aromatic rings. The van der Waals surface area contributed by atoms with Crippen LogP contribution in [0.4, 0.5) is 5.82 Å². The van der Waals surface area contributed by atoms with Gasteiger partial charge in [0.1, 0.15) is 5.82 Å². The van der Waals surface area contributed by atoms with Crippen LogP contribution in [0.3, 0.4) is 0 Å². The Labute approximate surface area is 109 Å². The predicted octanol–water partition coefficient (Wildman–Crippen LogP) is 2.44. The maximum absolute atomic E-state index is 11.4. The van der Waals surface area contributed by atoms with E-state index in [1.165, 1.54) is 0 Å². The first kappa shape index (κ1) is 13.4. The minimum absolute atomic E-state index is 0.0650. The van der Waals surface area contributed by atoms with E-state index in [0.29, 0.717) is 25.5 Å². The fourth-order valence-electron chi connectivity index (χ4n) is 1.07. The summed E-state index contributed by atoms with van der Waals surface area (Å²) in [6, 6.07) is 3.68. The minimum atomic E-state index is -0.0650. The number of carbonyl (C=O) groups is 1. The van der Waals surface area contributed by atoms with Crippen molar-refractivity contribution in [3.63, 3.8) is 0 Å². The van der Waals surface area contributed by atoms with Gasteiger partial charge in [0.15, 0.2) is 0 Å². The molecule has 0 saturated carbocycles. The molecule has 1 N–H and O–H groups in total. The lowest BCUT2D eigenvalue weighted by atomic mass is 10.4. The zero-order valence-corrected chi connectivity index (χ0v) is 11.4. The fraction of sp³-hybridized carbons (Fsp3) is 0.455. The van der Waals surface area contributed by atoms with Crippen molar-refractivity contribution in [3.05, 3.63) is 21.9 Å². The highest BCUT2D eigenvalue weighted by Gasteiger charge is 2.02. The van der Waals surface area contributed by atoms with Gasteiger partial charge in [0.25, 0.3) is 0 Å². The van der Waals surface area contributed by atoms with Crippen LogP contribution < -0.4 is 5.32 Å². The molecule has 0 aliphatic rings. The third kappa shape index (κ3) is 5.41. The van der Waals surface area contributed by atoms with E-state index in [1.54, 1.807) is 12.3 Å². The Bertz CT molecular complexity index is 327. The second-order valence-electron chi connectivity index (χ2n) is 3.27. The van der Waals surface area contributed by atoms with Crippen molar-refractivity contribution in [2.75, 3.05) is 18.5 Å². The minimum Gasteiger partial charge on any atom is -0.381 e. The van der Waals surface area contributed by atoms with E-state index in [4.69, 9.17) is 4.74 Å². The lowest BCUT2D eigenvalue weighted by Gasteiger charge is -2.04. The van der Waals surface area contributed by atoms with Gasteiger partial charge in [0, 0.05) is 16.4 Å². The summed E-state index contributed by atoms with van der Waals surface area (Å²) in [6.07, 6.45) is 3.05. The largest absolute Gasteiger partial charge is 0.381 e. The lowest BCUT2D eigenvalue weighted by Crippen LogP contribution is -2.15. The summed E-state index contributed by atoms with van der Waals surface area (Å²) in [5, 5.41) is 2.71. The van der Waals surface area contributed by atoms with E-state index in [1.807, 2.05) is 13.0 Å². The third-order valence-corrected chi connectivity index (χ3v) is 2.45. The number of hydrogen-bond donors (Lipinski definition) is 1. The molecule has 0 saturated heterocycles. The first-order valence-electron chi connectivity index (χ1n) is 5.21. The monoisotopic (exact) mass is 334 g/mol. The highest BCUT2D eigenvalue weighted by Crippen LogP contribution is 2.07. The molecule has 1 aromatic heterocycles. The van der Waals surface area contributed by atoms with Crippen LogP contribution in [0.1, 0.15) is 19.8 Å². The van der Waals surface area contributed by atoms with Crippen LogP contribution in [-0.2, 0) is 9.53 Å². The van der Waals surface area contributed by atoms with Crippen molar-refractivity contribution in [1.29, 1.82) is 0 Å². The summed E-state index contributed by atoms with van der Waals surface area (Å²) in [7, 11) is 0. The maximum Gasteiger partial charge on any atom is 0.227 e. The average Bonchev–Trinajstić information content (AvgIpc) is 2.28. The number of carbonyl (C=O) groups excluding carboxylic acids is 1. The molecule has 88 valence electrons. The number of rotatable bonds is 6. The molecular formula is C11H15IN2O2. The summed E-state index contributed by atoms with van der Waals surface area (Å²) in [4.78, 5) is 15.5. The SMILES string of the molecule is CCCOCCC(=O)Nc1ccc(I)cn1. The van der Waals surface area contributed by atoms with E-state index in [2.05, 4.69) is 32.9 Å². The van der Waals surface area contributed by atoms with E-state index < -0.39 is 0 Å². The molecule has 1 heterocycles. The zero-order valence-electron chi connectivity index (χ0n) is 9.20. The number of ether oxygens (including phenoxy) is 1. The highest BCUT2D eigenvalue weighted by atomic mass is 127. The van der Waals surface area contributed by atoms with Crippen LogP contribution in [0.5, 0.6) is 0 Å². The van der Waals surface area contributed by atoms with Crippen LogP contribution in [0.15, 0.2) is 18.3 Å². The van der Waals surface area contributed by atoms with Crippen LogP contribution in [0.25, 0.3) is 0 Å². The van der Waals surface area contributed by atoms with E-state index >= 15 is 0 Å². The number of nitrogens with zero attached hydrogens (tertiary/aromatic N) is 1. The van der Waals surface area contributed by atoms with Gasteiger partial charge in [-0.2, -0.15) is 0 Å². The molecule has 0 spiro atoms. The number of nitrogens with one attached hydrogen (secondary N) is 1. The summed E-state index contributed by atoms with van der Waals surface area (Å²) in [6.45, 7) is 3.20. The zero-order chi connectivity index (χ0) is 11.8. The number of aromatic nitrogens is 1. The van der Waals surface area contributed by atoms with Gasteiger partial charge >= 0.3 is 0 Å². The van der Waals surface area contributed by atoms with Crippen molar-refractivity contribution < 1.29 is 9.53 Å². The molecule has 0 unspecified atom stereocenters. The van der Waals surface area contributed by atoms with Crippen LogP contribution >= 0.6 is 22.6 Å². The Hall–Kier alpha value is -0.690. The first-order valence-corrected chi connectivity index (χ1v) is 6.29. The Morgan fingerprint density at radius 2 is 2.31 bits per heavy atom. The first-order chi connectivity index (χ1) is 7.72. The molecule has 0 aromatic carbocycles. The van der Waals surface area contributed by atoms with Crippen molar-refractivity contribution in [2.45, 2.75) is 19.8 Å². The van der Waals surface area contributed by atoms with Crippen molar-refractivity contribution >= 4 is 34.3 Å². The highest BCUT2D eigenvalue weighted by molar-refractivity contribution is 14.1. The molecule has 0 atom stereocenters. The van der Waals surface area contributed by atoms with Gasteiger partial charge in [0.2, 0.25) is 5.91 Å². The third-order valence-electron chi connectivity index (χ3n) is 1.82. The summed E-state index contributed by atoms with van der Waals surface area (Å²) in [5.41, 5.74) is 0. The molecule has 1 rings (SSSR count). The smallest absolute Gasteiger partial charge is 0.227 e. The molecule has 0 aliphatic heterocycles. The standard InChI is InChI=1S/C11H15IN2O2/c1-2-6-16-7-5-11(15)14-10-4-3-9(12)8-13-10/h3-4,8H,2,5-7H2,1H3,(H,13,14,15). The Kier molecular flexibility index (Phi) is 6.32. The summed E-state index contributed by atoms with van der Waals surface area (Å²) >= 11 is 2.17. The van der Waals surface area contributed by atoms with Gasteiger partial charge in [-0.25, -0.2) is 4.98 Å². The van der Waals surface area contributed by atoms with Gasteiger partial charge in [0.05, 0.1) is 13.0 Å². The maximum atomic E-state index is 11.4. The number of amides is 1. The topological polar surface area (TPSA) is 51.2 Å². The molecule has 0 radical (unpaired) electrons. The summed E-state index contributed by atoms with van der Waals surface area (Å²) in [5.74, 6) is 0.519. The van der Waals surface area contributed by atoms with E-state index in [0.717, 1.165) is 9.99 Å². The van der Waals surface area contributed by atoms with Gasteiger partial charge in [-0.3, -0.25) is 4.79 Å². The second-order valence-corrected chi connectivity index (χ2v) is 4.52. The molecule has 4 nitrogen and oxygen atoms in total. The summed E-state index contributed by atoms with van der Waals surface area (Å²) < 4.78 is 6.27. The Morgan fingerprint density at radius 3 is 2.94 bits per heavy atom. The Morgan fingerprint density at radius 1 is 1.50 bits per heavy atom. The Balaban J connectivity index is 2.26. The van der Waals surface area contributed by atoms with Gasteiger partial charge in [-0.1, -0.05) is 6.92 Å². The predicted molar refractivity (Wildman–Crippen MR) is 71.3 cm³/mol. The number of anilines is 1. The number of hydrogen-bond acceptors (Lipinski definition) is 3. The molecule has 1 amide bonds. The molecule has 0 fully saturated rings. The van der Waals surface area contributed by atoms with E-state index in [9.17, 15) is 4.79 Å². The molecule has 16 heavy (non-hydrogen) atoms. The normalized spacial score (nSPS) is 10.1. The number of pyridine rings is 1. The second kappa shape index (κ2) is 7.56.